The minimum absolute atomic E-state index is 0.00492. The van der Waals surface area contributed by atoms with E-state index in [9.17, 15) is 9.59 Å². The Labute approximate surface area is 194 Å². The number of benzene rings is 1. The molecule has 2 amide bonds. The van der Waals surface area contributed by atoms with E-state index in [1.807, 2.05) is 72.1 Å². The number of rotatable bonds is 14. The summed E-state index contributed by atoms with van der Waals surface area (Å²) in [5.74, 6) is 0.0948. The first-order valence-electron chi connectivity index (χ1n) is 12.2. The van der Waals surface area contributed by atoms with Crippen LogP contribution in [0, 0.1) is 0 Å². The van der Waals surface area contributed by atoms with Crippen molar-refractivity contribution in [2.75, 3.05) is 6.54 Å². The third-order valence-corrected chi connectivity index (χ3v) is 6.22. The molecule has 0 fully saturated rings. The van der Waals surface area contributed by atoms with Crippen LogP contribution in [0.15, 0.2) is 48.7 Å². The molecule has 0 saturated carbocycles. The van der Waals surface area contributed by atoms with E-state index >= 15 is 0 Å². The summed E-state index contributed by atoms with van der Waals surface area (Å²) >= 11 is 0. The summed E-state index contributed by atoms with van der Waals surface area (Å²) in [5.41, 5.74) is 2.17. The quantitative estimate of drug-likeness (QED) is 0.363. The van der Waals surface area contributed by atoms with Crippen LogP contribution in [0.3, 0.4) is 0 Å². The van der Waals surface area contributed by atoms with E-state index in [2.05, 4.69) is 13.8 Å². The fourth-order valence-corrected chi connectivity index (χ4v) is 3.87. The molecule has 32 heavy (non-hydrogen) atoms. The molecule has 0 spiro atoms. The van der Waals surface area contributed by atoms with Gasteiger partial charge >= 0.3 is 0 Å². The van der Waals surface area contributed by atoms with Crippen LogP contribution >= 0.6 is 0 Å². The van der Waals surface area contributed by atoms with Crippen LogP contribution in [0.4, 0.5) is 0 Å². The largest absolute Gasteiger partial charge is 0.353 e. The molecule has 0 N–H and O–H groups in total. The number of hydrogen-bond acceptors (Lipinski definition) is 2. The molecule has 0 aliphatic rings. The van der Waals surface area contributed by atoms with Crippen molar-refractivity contribution in [3.8, 4) is 0 Å². The second-order valence-electron chi connectivity index (χ2n) is 8.79. The lowest BCUT2D eigenvalue weighted by Gasteiger charge is -2.31. The van der Waals surface area contributed by atoms with E-state index in [1.165, 1.54) is 19.3 Å². The number of hydrogen-bond donors (Lipinski definition) is 0. The van der Waals surface area contributed by atoms with Crippen molar-refractivity contribution >= 4 is 11.8 Å². The van der Waals surface area contributed by atoms with Crippen LogP contribution in [0.25, 0.3) is 0 Å². The Hall–Kier alpha value is -2.56. The number of unbranched alkanes of at least 4 members (excludes halogenated alkanes) is 4. The van der Waals surface area contributed by atoms with Gasteiger partial charge in [-0.3, -0.25) is 9.59 Å². The van der Waals surface area contributed by atoms with Gasteiger partial charge in [0.05, 0.1) is 6.54 Å². The zero-order chi connectivity index (χ0) is 23.3. The summed E-state index contributed by atoms with van der Waals surface area (Å²) < 4.78 is 2.04. The number of amides is 2. The molecule has 2 rings (SSSR count). The van der Waals surface area contributed by atoms with E-state index in [1.54, 1.807) is 4.90 Å². The standard InChI is InChI=1S/C27H41N3O2/c1-5-7-8-9-13-18-26(31)30(23(3)6-2)22-27(32)29(20-24-15-11-10-12-16-24)21-25-17-14-19-28(25)4/h10-12,14-17,19,23H,5-9,13,18,20-22H2,1-4H3. The molecule has 0 aliphatic heterocycles. The summed E-state index contributed by atoms with van der Waals surface area (Å²) in [6.07, 6.45) is 8.92. The summed E-state index contributed by atoms with van der Waals surface area (Å²) in [6, 6.07) is 14.1. The Morgan fingerprint density at radius 1 is 0.906 bits per heavy atom. The lowest BCUT2D eigenvalue weighted by atomic mass is 10.1. The zero-order valence-corrected chi connectivity index (χ0v) is 20.4. The smallest absolute Gasteiger partial charge is 0.242 e. The average Bonchev–Trinajstić information content (AvgIpc) is 3.21. The van der Waals surface area contributed by atoms with Gasteiger partial charge in [-0.25, -0.2) is 0 Å². The second-order valence-corrected chi connectivity index (χ2v) is 8.79. The first-order chi connectivity index (χ1) is 15.5. The normalized spacial score (nSPS) is 11.9. The molecule has 0 saturated heterocycles. The van der Waals surface area contributed by atoms with E-state index in [0.29, 0.717) is 19.5 Å². The van der Waals surface area contributed by atoms with Crippen LogP contribution in [0.5, 0.6) is 0 Å². The van der Waals surface area contributed by atoms with Gasteiger partial charge in [0.1, 0.15) is 6.54 Å². The van der Waals surface area contributed by atoms with Gasteiger partial charge in [-0.2, -0.15) is 0 Å². The number of nitrogens with zero attached hydrogens (tertiary/aromatic N) is 3. The number of carbonyl (C=O) groups excluding carboxylic acids is 2. The maximum absolute atomic E-state index is 13.5. The van der Waals surface area contributed by atoms with Crippen LogP contribution in [0.1, 0.15) is 77.0 Å². The summed E-state index contributed by atoms with van der Waals surface area (Å²) in [7, 11) is 1.99. The van der Waals surface area contributed by atoms with E-state index in [0.717, 1.165) is 30.5 Å². The van der Waals surface area contributed by atoms with Crippen molar-refractivity contribution in [2.45, 2.75) is 84.8 Å². The average molecular weight is 440 g/mol. The molecule has 0 aliphatic carbocycles. The summed E-state index contributed by atoms with van der Waals surface area (Å²) in [5, 5.41) is 0. The highest BCUT2D eigenvalue weighted by Gasteiger charge is 2.25. The molecular formula is C27H41N3O2. The van der Waals surface area contributed by atoms with Crippen LogP contribution in [0.2, 0.25) is 0 Å². The van der Waals surface area contributed by atoms with Gasteiger partial charge in [0.2, 0.25) is 11.8 Å². The Bertz CT molecular complexity index is 815. The number of carbonyl (C=O) groups is 2. The molecule has 5 nitrogen and oxygen atoms in total. The van der Waals surface area contributed by atoms with Gasteiger partial charge in [-0.15, -0.1) is 0 Å². The van der Waals surface area contributed by atoms with Gasteiger partial charge in [0.15, 0.2) is 0 Å². The lowest BCUT2D eigenvalue weighted by molar-refractivity contribution is -0.143. The molecule has 1 unspecified atom stereocenters. The number of aromatic nitrogens is 1. The summed E-state index contributed by atoms with van der Waals surface area (Å²) in [4.78, 5) is 30.1. The van der Waals surface area contributed by atoms with Crippen molar-refractivity contribution in [3.05, 3.63) is 59.9 Å². The zero-order valence-electron chi connectivity index (χ0n) is 20.4. The molecular weight excluding hydrogens is 398 g/mol. The molecule has 1 aromatic heterocycles. The molecule has 1 atom stereocenters. The van der Waals surface area contributed by atoms with Crippen molar-refractivity contribution in [1.82, 2.24) is 14.4 Å². The Balaban J connectivity index is 2.10. The predicted octanol–water partition coefficient (Wildman–Crippen LogP) is 5.54. The van der Waals surface area contributed by atoms with Crippen molar-refractivity contribution in [1.29, 1.82) is 0 Å². The lowest BCUT2D eigenvalue weighted by Crippen LogP contribution is -2.46. The minimum atomic E-state index is -0.00492. The Kier molecular flexibility index (Phi) is 11.1. The van der Waals surface area contributed by atoms with Gasteiger partial charge in [-0.05, 0) is 37.5 Å². The monoisotopic (exact) mass is 439 g/mol. The molecule has 1 heterocycles. The van der Waals surface area contributed by atoms with E-state index in [-0.39, 0.29) is 24.4 Å². The highest BCUT2D eigenvalue weighted by molar-refractivity contribution is 5.85. The van der Waals surface area contributed by atoms with E-state index < -0.39 is 0 Å². The fraction of sp³-hybridized carbons (Fsp3) is 0.556. The van der Waals surface area contributed by atoms with Crippen molar-refractivity contribution in [2.24, 2.45) is 7.05 Å². The minimum Gasteiger partial charge on any atom is -0.353 e. The highest BCUT2D eigenvalue weighted by Crippen LogP contribution is 2.15. The second kappa shape index (κ2) is 13.8. The highest BCUT2D eigenvalue weighted by atomic mass is 16.2. The van der Waals surface area contributed by atoms with Crippen molar-refractivity contribution < 1.29 is 9.59 Å². The first kappa shape index (κ1) is 25.7. The van der Waals surface area contributed by atoms with E-state index in [4.69, 9.17) is 0 Å². The predicted molar refractivity (Wildman–Crippen MR) is 131 cm³/mol. The van der Waals surface area contributed by atoms with Gasteiger partial charge in [0.25, 0.3) is 0 Å². The molecule has 0 bridgehead atoms. The number of aryl methyl sites for hydroxylation is 1. The topological polar surface area (TPSA) is 45.6 Å². The van der Waals surface area contributed by atoms with Gasteiger partial charge in [-0.1, -0.05) is 69.9 Å². The van der Waals surface area contributed by atoms with Gasteiger partial charge in [0, 0.05) is 37.9 Å². The molecule has 0 radical (unpaired) electrons. The molecule has 176 valence electrons. The summed E-state index contributed by atoms with van der Waals surface area (Å²) in [6.45, 7) is 7.50. The van der Waals surface area contributed by atoms with Gasteiger partial charge < -0.3 is 14.4 Å². The van der Waals surface area contributed by atoms with Crippen LogP contribution in [-0.2, 0) is 29.7 Å². The third kappa shape index (κ3) is 8.18. The Morgan fingerprint density at radius 2 is 1.62 bits per heavy atom. The first-order valence-corrected chi connectivity index (χ1v) is 12.2. The Morgan fingerprint density at radius 3 is 2.25 bits per heavy atom. The molecule has 2 aromatic rings. The van der Waals surface area contributed by atoms with Crippen LogP contribution < -0.4 is 0 Å². The van der Waals surface area contributed by atoms with Crippen LogP contribution in [-0.4, -0.2) is 38.8 Å². The molecule has 5 heteroatoms. The van der Waals surface area contributed by atoms with Crippen molar-refractivity contribution in [3.63, 3.8) is 0 Å². The SMILES string of the molecule is CCCCCCCC(=O)N(CC(=O)N(Cc1ccccc1)Cc1cccn1C)C(C)CC. The third-order valence-electron chi connectivity index (χ3n) is 6.22. The fourth-order valence-electron chi connectivity index (χ4n) is 3.87. The molecule has 1 aromatic carbocycles. The maximum atomic E-state index is 13.5. The maximum Gasteiger partial charge on any atom is 0.242 e.